The number of hydrogen-bond donors (Lipinski definition) is 1. The molecule has 116 valence electrons. The van der Waals surface area contributed by atoms with Crippen LogP contribution in [0.1, 0.15) is 25.5 Å². The number of hydrogen-bond acceptors (Lipinski definition) is 4. The van der Waals surface area contributed by atoms with Crippen LogP contribution in [0.3, 0.4) is 0 Å². The Morgan fingerprint density at radius 3 is 2.95 bits per heavy atom. The summed E-state index contributed by atoms with van der Waals surface area (Å²) in [5.41, 5.74) is 1.21. The number of carbonyl (C=O) groups excluding carboxylic acids is 1. The number of rotatable bonds is 4. The number of aryl methyl sites for hydroxylation is 1. The van der Waals surface area contributed by atoms with E-state index >= 15 is 0 Å². The van der Waals surface area contributed by atoms with Gasteiger partial charge >= 0.3 is 0 Å². The number of amides is 1. The lowest BCUT2D eigenvalue weighted by Gasteiger charge is -2.33. The minimum Gasteiger partial charge on any atom is -0.339 e. The van der Waals surface area contributed by atoms with Crippen LogP contribution in [0.2, 0.25) is 0 Å². The van der Waals surface area contributed by atoms with Crippen LogP contribution in [0.15, 0.2) is 12.3 Å². The third kappa shape index (κ3) is 3.11. The Balaban J connectivity index is 1.66. The molecule has 3 rings (SSSR count). The third-order valence-corrected chi connectivity index (χ3v) is 4.55. The van der Waals surface area contributed by atoms with Crippen LogP contribution < -0.4 is 5.32 Å². The van der Waals surface area contributed by atoms with E-state index < -0.39 is 0 Å². The first-order chi connectivity index (χ1) is 10.3. The van der Waals surface area contributed by atoms with Crippen molar-refractivity contribution in [1.82, 2.24) is 24.9 Å². The molecule has 0 spiro atoms. The molecule has 1 amide bonds. The summed E-state index contributed by atoms with van der Waals surface area (Å²) in [5, 5.41) is 7.63. The normalized spacial score (nSPS) is 23.7. The number of carbonyl (C=O) groups is 1. The Kier molecular flexibility index (Phi) is 4.55. The van der Waals surface area contributed by atoms with Crippen molar-refractivity contribution in [1.29, 1.82) is 0 Å². The van der Waals surface area contributed by atoms with Crippen LogP contribution in [0, 0.1) is 0 Å². The zero-order chi connectivity index (χ0) is 14.7. The van der Waals surface area contributed by atoms with Gasteiger partial charge < -0.3 is 10.2 Å². The summed E-state index contributed by atoms with van der Waals surface area (Å²) in [5.74, 6) is 0.316. The molecule has 6 heteroatoms. The summed E-state index contributed by atoms with van der Waals surface area (Å²) in [4.78, 5) is 17.1. The van der Waals surface area contributed by atoms with Gasteiger partial charge in [-0.2, -0.15) is 5.10 Å². The molecule has 2 saturated heterocycles. The smallest absolute Gasteiger partial charge is 0.240 e. The minimum atomic E-state index is 0.0586. The van der Waals surface area contributed by atoms with E-state index in [1.807, 2.05) is 15.8 Å². The van der Waals surface area contributed by atoms with Crippen LogP contribution >= 0.6 is 0 Å². The fourth-order valence-corrected chi connectivity index (χ4v) is 3.38. The Labute approximate surface area is 126 Å². The largest absolute Gasteiger partial charge is 0.339 e. The Morgan fingerprint density at radius 2 is 2.19 bits per heavy atom. The Morgan fingerprint density at radius 1 is 1.38 bits per heavy atom. The van der Waals surface area contributed by atoms with Gasteiger partial charge in [-0.25, -0.2) is 0 Å². The lowest BCUT2D eigenvalue weighted by atomic mass is 10.1. The van der Waals surface area contributed by atoms with Crippen LogP contribution in [0.5, 0.6) is 0 Å². The van der Waals surface area contributed by atoms with E-state index in [-0.39, 0.29) is 6.04 Å². The predicted octanol–water partition coefficient (Wildman–Crippen LogP) is 0.299. The molecule has 2 aliphatic heterocycles. The van der Waals surface area contributed by atoms with Crippen LogP contribution in [0.25, 0.3) is 0 Å². The molecular weight excluding hydrogens is 266 g/mol. The third-order valence-electron chi connectivity index (χ3n) is 4.55. The maximum absolute atomic E-state index is 12.7. The molecule has 1 N–H and O–H groups in total. The minimum absolute atomic E-state index is 0.0586. The van der Waals surface area contributed by atoms with Crippen molar-refractivity contribution in [3.63, 3.8) is 0 Å². The average molecular weight is 291 g/mol. The van der Waals surface area contributed by atoms with E-state index in [1.54, 1.807) is 0 Å². The molecule has 0 aromatic carbocycles. The number of likely N-dealkylation sites (tertiary alicyclic amines) is 1. The molecule has 3 heterocycles. The maximum atomic E-state index is 12.7. The highest BCUT2D eigenvalue weighted by molar-refractivity contribution is 5.82. The van der Waals surface area contributed by atoms with Gasteiger partial charge in [0, 0.05) is 45.5 Å². The van der Waals surface area contributed by atoms with Crippen LogP contribution in [-0.2, 0) is 17.9 Å². The van der Waals surface area contributed by atoms with E-state index in [2.05, 4.69) is 28.3 Å². The molecule has 0 bridgehead atoms. The zero-order valence-electron chi connectivity index (χ0n) is 12.8. The highest BCUT2D eigenvalue weighted by Gasteiger charge is 2.34. The van der Waals surface area contributed by atoms with E-state index in [1.165, 1.54) is 5.69 Å². The maximum Gasteiger partial charge on any atom is 0.240 e. The molecule has 2 aliphatic rings. The summed E-state index contributed by atoms with van der Waals surface area (Å²) in [6.07, 6.45) is 3.95. The van der Waals surface area contributed by atoms with Crippen LogP contribution in [0.4, 0.5) is 0 Å². The molecule has 0 saturated carbocycles. The molecule has 21 heavy (non-hydrogen) atoms. The predicted molar refractivity (Wildman–Crippen MR) is 80.8 cm³/mol. The van der Waals surface area contributed by atoms with Gasteiger partial charge in [0.25, 0.3) is 0 Å². The monoisotopic (exact) mass is 291 g/mol. The van der Waals surface area contributed by atoms with Gasteiger partial charge in [-0.3, -0.25) is 14.4 Å². The summed E-state index contributed by atoms with van der Waals surface area (Å²) in [7, 11) is 0. The van der Waals surface area contributed by atoms with Crippen molar-refractivity contribution >= 4 is 5.91 Å². The SMILES string of the molecule is CCn1nccc1CN1CCCC1C(=O)N1CCNCC1. The van der Waals surface area contributed by atoms with E-state index in [0.29, 0.717) is 5.91 Å². The molecule has 2 fully saturated rings. The molecule has 0 radical (unpaired) electrons. The fraction of sp³-hybridized carbons (Fsp3) is 0.733. The average Bonchev–Trinajstić information content (AvgIpc) is 3.17. The van der Waals surface area contributed by atoms with Gasteiger partial charge in [0.1, 0.15) is 0 Å². The molecule has 1 atom stereocenters. The van der Waals surface area contributed by atoms with Gasteiger partial charge in [-0.15, -0.1) is 0 Å². The first-order valence-electron chi connectivity index (χ1n) is 8.04. The number of nitrogens with one attached hydrogen (secondary N) is 1. The molecule has 6 nitrogen and oxygen atoms in total. The highest BCUT2D eigenvalue weighted by atomic mass is 16.2. The van der Waals surface area contributed by atoms with Crippen LogP contribution in [-0.4, -0.2) is 64.3 Å². The Hall–Kier alpha value is -1.40. The van der Waals surface area contributed by atoms with Gasteiger partial charge in [0.2, 0.25) is 5.91 Å². The first kappa shape index (κ1) is 14.5. The molecule has 1 aromatic heterocycles. The molecule has 0 aliphatic carbocycles. The Bertz CT molecular complexity index is 480. The summed E-state index contributed by atoms with van der Waals surface area (Å²) in [6, 6.07) is 2.12. The fourth-order valence-electron chi connectivity index (χ4n) is 3.38. The lowest BCUT2D eigenvalue weighted by Crippen LogP contribution is -2.52. The van der Waals surface area contributed by atoms with Crippen molar-refractivity contribution in [3.05, 3.63) is 18.0 Å². The van der Waals surface area contributed by atoms with Crippen molar-refractivity contribution in [2.24, 2.45) is 0 Å². The highest BCUT2D eigenvalue weighted by Crippen LogP contribution is 2.22. The molecular formula is C15H25N5O. The summed E-state index contributed by atoms with van der Waals surface area (Å²) >= 11 is 0. The molecule has 1 unspecified atom stereocenters. The molecule has 1 aromatic rings. The quantitative estimate of drug-likeness (QED) is 0.867. The number of aromatic nitrogens is 2. The van der Waals surface area contributed by atoms with Gasteiger partial charge in [-0.1, -0.05) is 0 Å². The summed E-state index contributed by atoms with van der Waals surface area (Å²) in [6.45, 7) is 8.35. The lowest BCUT2D eigenvalue weighted by molar-refractivity contribution is -0.136. The van der Waals surface area contributed by atoms with Crippen molar-refractivity contribution in [3.8, 4) is 0 Å². The van der Waals surface area contributed by atoms with Crippen molar-refractivity contribution in [2.45, 2.75) is 38.9 Å². The summed E-state index contributed by atoms with van der Waals surface area (Å²) < 4.78 is 2.02. The van der Waals surface area contributed by atoms with Gasteiger partial charge in [0.05, 0.1) is 11.7 Å². The number of piperazine rings is 1. The van der Waals surface area contributed by atoms with E-state index in [9.17, 15) is 4.79 Å². The van der Waals surface area contributed by atoms with Gasteiger partial charge in [-0.05, 0) is 32.4 Å². The van der Waals surface area contributed by atoms with Gasteiger partial charge in [0.15, 0.2) is 0 Å². The number of nitrogens with zero attached hydrogens (tertiary/aromatic N) is 4. The van der Waals surface area contributed by atoms with Crippen molar-refractivity contribution in [2.75, 3.05) is 32.7 Å². The standard InChI is InChI=1S/C15H25N5O/c1-2-20-13(5-6-17-20)12-19-9-3-4-14(19)15(21)18-10-7-16-8-11-18/h5-6,14,16H,2-4,7-12H2,1H3. The second-order valence-corrected chi connectivity index (χ2v) is 5.84. The van der Waals surface area contributed by atoms with Crippen molar-refractivity contribution < 1.29 is 4.79 Å². The van der Waals surface area contributed by atoms with E-state index in [4.69, 9.17) is 0 Å². The van der Waals surface area contributed by atoms with E-state index in [0.717, 1.165) is 58.7 Å². The zero-order valence-corrected chi connectivity index (χ0v) is 12.8. The second kappa shape index (κ2) is 6.58. The first-order valence-corrected chi connectivity index (χ1v) is 8.04. The topological polar surface area (TPSA) is 53.4 Å². The second-order valence-electron chi connectivity index (χ2n) is 5.84.